The summed E-state index contributed by atoms with van der Waals surface area (Å²) >= 11 is 0. The molecule has 0 aromatic carbocycles. The molecule has 0 amide bonds. The minimum atomic E-state index is 0.528. The van der Waals surface area contributed by atoms with Crippen LogP contribution < -0.4 is 11.3 Å². The molecule has 0 aromatic heterocycles. The van der Waals surface area contributed by atoms with Gasteiger partial charge >= 0.3 is 0 Å². The Morgan fingerprint density at radius 3 is 2.47 bits per heavy atom. The normalized spacial score (nSPS) is 24.4. The van der Waals surface area contributed by atoms with E-state index in [1.807, 2.05) is 0 Å². The molecule has 0 spiro atoms. The van der Waals surface area contributed by atoms with E-state index in [0.29, 0.717) is 6.04 Å². The van der Waals surface area contributed by atoms with E-state index in [1.165, 1.54) is 12.8 Å². The van der Waals surface area contributed by atoms with Crippen LogP contribution in [0.5, 0.6) is 0 Å². The average molecular weight is 211 g/mol. The highest BCUT2D eigenvalue weighted by Crippen LogP contribution is 2.23. The van der Waals surface area contributed by atoms with Gasteiger partial charge in [-0.15, -0.1) is 0 Å². The van der Waals surface area contributed by atoms with Crippen LogP contribution in [-0.2, 0) is 0 Å². The second kappa shape index (κ2) is 4.81. The second-order valence-electron chi connectivity index (χ2n) is 4.25. The monoisotopic (exact) mass is 211 g/mol. The summed E-state index contributed by atoms with van der Waals surface area (Å²) in [6.07, 6.45) is 2.44. The number of guanidine groups is 1. The van der Waals surface area contributed by atoms with E-state index in [4.69, 9.17) is 5.84 Å². The number of nitrogens with one attached hydrogen (secondary N) is 1. The van der Waals surface area contributed by atoms with Gasteiger partial charge in [-0.05, 0) is 19.4 Å². The van der Waals surface area contributed by atoms with Crippen molar-refractivity contribution in [3.8, 4) is 0 Å². The molecule has 1 saturated carbocycles. The lowest BCUT2D eigenvalue weighted by molar-refractivity contribution is 0.186. The zero-order chi connectivity index (χ0) is 10.7. The van der Waals surface area contributed by atoms with Crippen LogP contribution in [0.2, 0.25) is 0 Å². The fraction of sp³-hybridized carbons (Fsp3) is 0.900. The summed E-state index contributed by atoms with van der Waals surface area (Å²) in [6.45, 7) is 7.63. The number of nitrogens with two attached hydrogens (primary N) is 1. The molecule has 2 aliphatic rings. The Morgan fingerprint density at radius 2 is 2.00 bits per heavy atom. The van der Waals surface area contributed by atoms with Crippen molar-refractivity contribution in [2.75, 3.05) is 32.7 Å². The predicted molar refractivity (Wildman–Crippen MR) is 61.5 cm³/mol. The number of aliphatic imine (C=N–C) groups is 1. The van der Waals surface area contributed by atoms with Crippen molar-refractivity contribution in [1.29, 1.82) is 0 Å². The first kappa shape index (κ1) is 10.7. The topological polar surface area (TPSA) is 56.9 Å². The van der Waals surface area contributed by atoms with Crippen molar-refractivity contribution in [1.82, 2.24) is 15.2 Å². The first-order valence-electron chi connectivity index (χ1n) is 5.85. The van der Waals surface area contributed by atoms with Gasteiger partial charge < -0.3 is 9.80 Å². The second-order valence-corrected chi connectivity index (χ2v) is 4.25. The Morgan fingerprint density at radius 1 is 1.33 bits per heavy atom. The lowest BCUT2D eigenvalue weighted by Gasteiger charge is -2.35. The maximum Gasteiger partial charge on any atom is 0.208 e. The van der Waals surface area contributed by atoms with Crippen LogP contribution >= 0.6 is 0 Å². The van der Waals surface area contributed by atoms with Crippen LogP contribution in [0.3, 0.4) is 0 Å². The highest BCUT2D eigenvalue weighted by Gasteiger charge is 2.24. The lowest BCUT2D eigenvalue weighted by atomic mass is 10.3. The van der Waals surface area contributed by atoms with Crippen molar-refractivity contribution in [3.63, 3.8) is 0 Å². The molecule has 1 aliphatic carbocycles. The van der Waals surface area contributed by atoms with Gasteiger partial charge in [-0.25, -0.2) is 10.8 Å². The summed E-state index contributed by atoms with van der Waals surface area (Å²) in [5.74, 6) is 6.39. The van der Waals surface area contributed by atoms with E-state index in [9.17, 15) is 0 Å². The van der Waals surface area contributed by atoms with Crippen LogP contribution in [0.4, 0.5) is 0 Å². The number of likely N-dealkylation sites (N-methyl/N-ethyl adjacent to an activating group) is 1. The fourth-order valence-corrected chi connectivity index (χ4v) is 1.86. The van der Waals surface area contributed by atoms with Crippen LogP contribution in [0.25, 0.3) is 0 Å². The number of hydrogen-bond donors (Lipinski definition) is 2. The molecule has 0 radical (unpaired) electrons. The van der Waals surface area contributed by atoms with Gasteiger partial charge in [0.1, 0.15) is 0 Å². The predicted octanol–water partition coefficient (Wildman–Crippen LogP) is -0.394. The van der Waals surface area contributed by atoms with Crippen molar-refractivity contribution in [2.45, 2.75) is 25.8 Å². The third kappa shape index (κ3) is 2.82. The molecule has 0 aromatic rings. The number of hydrogen-bond acceptors (Lipinski definition) is 3. The van der Waals surface area contributed by atoms with Gasteiger partial charge in [0.05, 0.1) is 6.04 Å². The molecule has 0 unspecified atom stereocenters. The molecule has 86 valence electrons. The summed E-state index contributed by atoms with van der Waals surface area (Å²) in [7, 11) is 0. The minimum Gasteiger partial charge on any atom is -0.339 e. The van der Waals surface area contributed by atoms with Crippen LogP contribution in [-0.4, -0.2) is 54.5 Å². The van der Waals surface area contributed by atoms with E-state index < -0.39 is 0 Å². The van der Waals surface area contributed by atoms with Gasteiger partial charge in [-0.2, -0.15) is 0 Å². The highest BCUT2D eigenvalue weighted by atomic mass is 15.4. The smallest absolute Gasteiger partial charge is 0.208 e. The Kier molecular flexibility index (Phi) is 3.43. The van der Waals surface area contributed by atoms with E-state index in [-0.39, 0.29) is 0 Å². The van der Waals surface area contributed by atoms with Gasteiger partial charge in [0, 0.05) is 26.2 Å². The summed E-state index contributed by atoms with van der Waals surface area (Å²) in [5, 5.41) is 0. The van der Waals surface area contributed by atoms with Crippen molar-refractivity contribution < 1.29 is 0 Å². The third-order valence-electron chi connectivity index (χ3n) is 3.10. The van der Waals surface area contributed by atoms with E-state index in [0.717, 1.165) is 38.7 Å². The average Bonchev–Trinajstić information content (AvgIpc) is 3.10. The van der Waals surface area contributed by atoms with Gasteiger partial charge in [0.15, 0.2) is 0 Å². The molecule has 1 saturated heterocycles. The number of nitrogens with zero attached hydrogens (tertiary/aromatic N) is 3. The summed E-state index contributed by atoms with van der Waals surface area (Å²) < 4.78 is 0. The van der Waals surface area contributed by atoms with E-state index in [2.05, 4.69) is 27.1 Å². The first-order chi connectivity index (χ1) is 7.33. The zero-order valence-electron chi connectivity index (χ0n) is 9.45. The highest BCUT2D eigenvalue weighted by molar-refractivity contribution is 5.79. The Hall–Kier alpha value is -0.810. The van der Waals surface area contributed by atoms with Crippen molar-refractivity contribution in [3.05, 3.63) is 0 Å². The summed E-state index contributed by atoms with van der Waals surface area (Å²) in [5.41, 5.74) is 2.73. The lowest BCUT2D eigenvalue weighted by Crippen LogP contribution is -2.53. The Labute approximate surface area is 91.3 Å². The quantitative estimate of drug-likeness (QED) is 0.282. The summed E-state index contributed by atoms with van der Waals surface area (Å²) in [4.78, 5) is 9.27. The number of piperazine rings is 1. The minimum absolute atomic E-state index is 0.528. The first-order valence-corrected chi connectivity index (χ1v) is 5.85. The number of rotatable bonds is 2. The molecule has 2 fully saturated rings. The molecular weight excluding hydrogens is 190 g/mol. The Bertz CT molecular complexity index is 228. The van der Waals surface area contributed by atoms with Crippen LogP contribution in [0.15, 0.2) is 4.99 Å². The molecule has 15 heavy (non-hydrogen) atoms. The maximum absolute atomic E-state index is 5.51. The van der Waals surface area contributed by atoms with E-state index in [1.54, 1.807) is 0 Å². The third-order valence-corrected chi connectivity index (χ3v) is 3.10. The SMILES string of the molecule is CCN1CCN(C(=NC2CC2)NN)CC1. The molecule has 0 bridgehead atoms. The molecule has 1 aliphatic heterocycles. The van der Waals surface area contributed by atoms with Gasteiger partial charge in [0.2, 0.25) is 5.96 Å². The van der Waals surface area contributed by atoms with Crippen molar-refractivity contribution in [2.24, 2.45) is 10.8 Å². The molecule has 5 nitrogen and oxygen atoms in total. The van der Waals surface area contributed by atoms with E-state index >= 15 is 0 Å². The van der Waals surface area contributed by atoms with Gasteiger partial charge in [-0.3, -0.25) is 5.43 Å². The Balaban J connectivity index is 1.87. The van der Waals surface area contributed by atoms with Crippen LogP contribution in [0.1, 0.15) is 19.8 Å². The summed E-state index contributed by atoms with van der Waals surface area (Å²) in [6, 6.07) is 0.528. The standard InChI is InChI=1S/C10H21N5/c1-2-14-5-7-15(8-6-14)10(13-11)12-9-3-4-9/h9H,2-8,11H2,1H3,(H,12,13). The number of hydrazine groups is 1. The molecule has 5 heteroatoms. The molecule has 2 rings (SSSR count). The molecule has 0 atom stereocenters. The van der Waals surface area contributed by atoms with Crippen molar-refractivity contribution >= 4 is 5.96 Å². The molecule has 3 N–H and O–H groups in total. The van der Waals surface area contributed by atoms with Gasteiger partial charge in [-0.1, -0.05) is 6.92 Å². The molecular formula is C10H21N5. The molecule has 1 heterocycles. The fourth-order valence-electron chi connectivity index (χ4n) is 1.86. The zero-order valence-corrected chi connectivity index (χ0v) is 9.45. The maximum atomic E-state index is 5.51. The van der Waals surface area contributed by atoms with Crippen LogP contribution in [0, 0.1) is 0 Å². The van der Waals surface area contributed by atoms with Gasteiger partial charge in [0.25, 0.3) is 0 Å². The largest absolute Gasteiger partial charge is 0.339 e.